The predicted octanol–water partition coefficient (Wildman–Crippen LogP) is 2.40. The first kappa shape index (κ1) is 29.4. The standard InChI is InChI=1S/C26H30N6O6S/c1-38-26(34)22(9-4-5-13-27-15-19-7-6-14-28-16-19)31-25(33)21-11-12-24(29-17-21)32-30-18-20-8-2-3-10-23(20)39(35,36)37/h2-3,6-8,10-12,14,16-18,22,27H,4-5,9,13,15H2,1H3,(H,29,32)(H,31,33)(H,35,36,37)/b30-18+. The van der Waals surface area contributed by atoms with Crippen LogP contribution in [0.15, 0.2) is 77.1 Å². The van der Waals surface area contributed by atoms with E-state index in [9.17, 15) is 22.6 Å². The average Bonchev–Trinajstić information content (AvgIpc) is 2.94. The number of hydrogen-bond acceptors (Lipinski definition) is 10. The molecule has 0 aliphatic heterocycles. The van der Waals surface area contributed by atoms with Gasteiger partial charge in [0.25, 0.3) is 16.0 Å². The Morgan fingerprint density at radius 1 is 1.10 bits per heavy atom. The number of hydrogen-bond donors (Lipinski definition) is 4. The molecular formula is C26H30N6O6S. The molecule has 1 aromatic carbocycles. The second kappa shape index (κ2) is 14.7. The molecule has 2 heterocycles. The van der Waals surface area contributed by atoms with Gasteiger partial charge >= 0.3 is 5.97 Å². The van der Waals surface area contributed by atoms with E-state index in [1.54, 1.807) is 18.5 Å². The van der Waals surface area contributed by atoms with Crippen molar-refractivity contribution in [1.29, 1.82) is 0 Å². The van der Waals surface area contributed by atoms with E-state index < -0.39 is 28.0 Å². The first-order valence-corrected chi connectivity index (χ1v) is 13.5. The van der Waals surface area contributed by atoms with E-state index in [2.05, 4.69) is 31.1 Å². The summed E-state index contributed by atoms with van der Waals surface area (Å²) in [5, 5.41) is 9.94. The van der Waals surface area contributed by atoms with Crippen LogP contribution in [-0.2, 0) is 26.2 Å². The highest BCUT2D eigenvalue weighted by atomic mass is 32.2. The number of hydrazone groups is 1. The van der Waals surface area contributed by atoms with E-state index in [0.717, 1.165) is 18.5 Å². The van der Waals surface area contributed by atoms with Gasteiger partial charge < -0.3 is 15.4 Å². The highest BCUT2D eigenvalue weighted by Gasteiger charge is 2.22. The number of amides is 1. The molecule has 13 heteroatoms. The first-order valence-electron chi connectivity index (χ1n) is 12.1. The van der Waals surface area contributed by atoms with Gasteiger partial charge in [-0.2, -0.15) is 13.5 Å². The number of ether oxygens (including phenoxy) is 1. The van der Waals surface area contributed by atoms with Gasteiger partial charge in [-0.25, -0.2) is 9.78 Å². The normalized spacial score (nSPS) is 12.2. The Morgan fingerprint density at radius 2 is 1.92 bits per heavy atom. The molecule has 1 amide bonds. The molecule has 3 aromatic rings. The zero-order valence-corrected chi connectivity index (χ0v) is 22.1. The number of nitrogens with one attached hydrogen (secondary N) is 3. The number of benzene rings is 1. The minimum atomic E-state index is -4.40. The van der Waals surface area contributed by atoms with E-state index in [0.29, 0.717) is 19.4 Å². The summed E-state index contributed by atoms with van der Waals surface area (Å²) >= 11 is 0. The topological polar surface area (TPSA) is 172 Å². The number of nitrogens with zero attached hydrogens (tertiary/aromatic N) is 3. The molecule has 3 rings (SSSR count). The Labute approximate surface area is 226 Å². The van der Waals surface area contributed by atoms with Gasteiger partial charge in [0, 0.05) is 30.7 Å². The number of pyridine rings is 2. The minimum absolute atomic E-state index is 0.182. The molecule has 0 bridgehead atoms. The lowest BCUT2D eigenvalue weighted by atomic mass is 10.1. The van der Waals surface area contributed by atoms with Gasteiger partial charge in [-0.3, -0.25) is 19.8 Å². The van der Waals surface area contributed by atoms with Gasteiger partial charge in [0.2, 0.25) is 0 Å². The Balaban J connectivity index is 1.48. The Bertz CT molecular complexity index is 1370. The maximum Gasteiger partial charge on any atom is 0.328 e. The molecule has 206 valence electrons. The van der Waals surface area contributed by atoms with Crippen molar-refractivity contribution in [1.82, 2.24) is 20.6 Å². The number of rotatable bonds is 14. The van der Waals surface area contributed by atoms with Crippen molar-refractivity contribution >= 4 is 34.0 Å². The molecule has 1 unspecified atom stereocenters. The molecule has 1 atom stereocenters. The lowest BCUT2D eigenvalue weighted by Crippen LogP contribution is -2.41. The molecule has 0 radical (unpaired) electrons. The van der Waals surface area contributed by atoms with E-state index in [1.165, 1.54) is 49.9 Å². The van der Waals surface area contributed by atoms with Crippen LogP contribution in [0, 0.1) is 0 Å². The highest BCUT2D eigenvalue weighted by molar-refractivity contribution is 7.86. The average molecular weight is 555 g/mol. The second-order valence-electron chi connectivity index (χ2n) is 8.40. The van der Waals surface area contributed by atoms with Gasteiger partial charge in [-0.05, 0) is 55.6 Å². The van der Waals surface area contributed by atoms with Crippen LogP contribution in [-0.4, -0.2) is 60.7 Å². The third kappa shape index (κ3) is 9.56. The molecule has 0 aliphatic carbocycles. The number of carbonyl (C=O) groups excluding carboxylic acids is 2. The van der Waals surface area contributed by atoms with Crippen LogP contribution in [0.3, 0.4) is 0 Å². The van der Waals surface area contributed by atoms with Crippen LogP contribution in [0.4, 0.5) is 5.82 Å². The lowest BCUT2D eigenvalue weighted by molar-refractivity contribution is -0.143. The van der Waals surface area contributed by atoms with Crippen molar-refractivity contribution in [3.63, 3.8) is 0 Å². The van der Waals surface area contributed by atoms with Crippen LogP contribution >= 0.6 is 0 Å². The summed E-state index contributed by atoms with van der Waals surface area (Å²) in [6.45, 7) is 1.45. The number of aromatic nitrogens is 2. The minimum Gasteiger partial charge on any atom is -0.467 e. The van der Waals surface area contributed by atoms with Crippen LogP contribution in [0.5, 0.6) is 0 Å². The summed E-state index contributed by atoms with van der Waals surface area (Å²) in [5.41, 5.74) is 4.12. The molecule has 0 aliphatic rings. The van der Waals surface area contributed by atoms with E-state index in [4.69, 9.17) is 4.74 Å². The predicted molar refractivity (Wildman–Crippen MR) is 145 cm³/mol. The number of esters is 1. The number of methoxy groups -OCH3 is 1. The summed E-state index contributed by atoms with van der Waals surface area (Å²) in [6.07, 6.45) is 7.98. The number of carbonyl (C=O) groups is 2. The SMILES string of the molecule is COC(=O)C(CCCCNCc1cccnc1)NC(=O)c1ccc(N/N=C/c2ccccc2S(=O)(=O)O)nc1. The fourth-order valence-electron chi connectivity index (χ4n) is 3.55. The van der Waals surface area contributed by atoms with Gasteiger partial charge in [0.05, 0.1) is 18.9 Å². The van der Waals surface area contributed by atoms with Crippen LogP contribution in [0.2, 0.25) is 0 Å². The summed E-state index contributed by atoms with van der Waals surface area (Å²) < 4.78 is 37.1. The quantitative estimate of drug-likeness (QED) is 0.0762. The molecule has 4 N–H and O–H groups in total. The lowest BCUT2D eigenvalue weighted by Gasteiger charge is -2.16. The van der Waals surface area contributed by atoms with Crippen LogP contribution in [0.25, 0.3) is 0 Å². The number of unbranched alkanes of at least 4 members (excludes halogenated alkanes) is 1. The summed E-state index contributed by atoms with van der Waals surface area (Å²) in [5.74, 6) is -0.724. The third-order valence-corrected chi connectivity index (χ3v) is 6.47. The van der Waals surface area contributed by atoms with Gasteiger partial charge in [-0.15, -0.1) is 0 Å². The smallest absolute Gasteiger partial charge is 0.328 e. The zero-order chi connectivity index (χ0) is 28.1. The molecule has 2 aromatic heterocycles. The van der Waals surface area contributed by atoms with Crippen molar-refractivity contribution in [3.8, 4) is 0 Å². The molecule has 12 nitrogen and oxygen atoms in total. The monoisotopic (exact) mass is 554 g/mol. The summed E-state index contributed by atoms with van der Waals surface area (Å²) in [6, 6.07) is 11.9. The first-order chi connectivity index (χ1) is 18.8. The second-order valence-corrected chi connectivity index (χ2v) is 9.79. The van der Waals surface area contributed by atoms with Crippen molar-refractivity contribution in [3.05, 3.63) is 83.8 Å². The van der Waals surface area contributed by atoms with E-state index in [1.807, 2.05) is 12.1 Å². The zero-order valence-electron chi connectivity index (χ0n) is 21.3. The molecule has 0 saturated heterocycles. The van der Waals surface area contributed by atoms with Crippen LogP contribution < -0.4 is 16.1 Å². The van der Waals surface area contributed by atoms with Crippen molar-refractivity contribution < 1.29 is 27.3 Å². The van der Waals surface area contributed by atoms with Crippen LogP contribution in [0.1, 0.15) is 40.7 Å². The van der Waals surface area contributed by atoms with E-state index >= 15 is 0 Å². The van der Waals surface area contributed by atoms with Gasteiger partial charge in [0.15, 0.2) is 0 Å². The van der Waals surface area contributed by atoms with E-state index in [-0.39, 0.29) is 21.8 Å². The van der Waals surface area contributed by atoms with Gasteiger partial charge in [-0.1, -0.05) is 24.3 Å². The van der Waals surface area contributed by atoms with Crippen molar-refractivity contribution in [2.24, 2.45) is 5.10 Å². The maximum atomic E-state index is 12.7. The van der Waals surface area contributed by atoms with Gasteiger partial charge in [0.1, 0.15) is 16.8 Å². The largest absolute Gasteiger partial charge is 0.467 e. The summed E-state index contributed by atoms with van der Waals surface area (Å²) in [4.78, 5) is 32.8. The fourth-order valence-corrected chi connectivity index (χ4v) is 4.22. The number of anilines is 1. The molecule has 0 fully saturated rings. The van der Waals surface area contributed by atoms with Crippen molar-refractivity contribution in [2.75, 3.05) is 19.1 Å². The molecular weight excluding hydrogens is 524 g/mol. The highest BCUT2D eigenvalue weighted by Crippen LogP contribution is 2.13. The fraction of sp³-hybridized carbons (Fsp3) is 0.269. The Morgan fingerprint density at radius 3 is 2.62 bits per heavy atom. The molecule has 0 spiro atoms. The maximum absolute atomic E-state index is 12.7. The molecule has 0 saturated carbocycles. The summed E-state index contributed by atoms with van der Waals surface area (Å²) in [7, 11) is -3.13. The third-order valence-electron chi connectivity index (χ3n) is 5.54. The molecule has 39 heavy (non-hydrogen) atoms. The Kier molecular flexibility index (Phi) is 11.0. The van der Waals surface area contributed by atoms with Crippen molar-refractivity contribution in [2.45, 2.75) is 36.7 Å². The Hall–Kier alpha value is -4.20.